The average Bonchev–Trinajstić information content (AvgIpc) is 2.41. The fraction of sp³-hybridized carbons (Fsp3) is 1.00. The van der Waals surface area contributed by atoms with Crippen LogP contribution in [0.2, 0.25) is 0 Å². The third-order valence-corrected chi connectivity index (χ3v) is 1.74. The fourth-order valence-corrected chi connectivity index (χ4v) is 1.16. The Kier molecular flexibility index (Phi) is 6.91. The third-order valence-electron chi connectivity index (χ3n) is 1.74. The van der Waals surface area contributed by atoms with E-state index in [1.54, 1.807) is 0 Å². The van der Waals surface area contributed by atoms with E-state index < -0.39 is 0 Å². The van der Waals surface area contributed by atoms with Crippen LogP contribution in [0.5, 0.6) is 0 Å². The summed E-state index contributed by atoms with van der Waals surface area (Å²) in [6.07, 6.45) is 1.17. The molecular weight excluding hydrogens is 169 g/mol. The van der Waals surface area contributed by atoms with Gasteiger partial charge in [-0.25, -0.2) is 4.39 Å². The van der Waals surface area contributed by atoms with E-state index in [2.05, 4.69) is 5.32 Å². The summed E-state index contributed by atoms with van der Waals surface area (Å²) in [4.78, 5) is 0. The molecule has 0 saturated carbocycles. The van der Waals surface area contributed by atoms with Gasteiger partial charge in [-0.3, -0.25) is 0 Å². The Hall–Kier alpha value is 0.140. The van der Waals surface area contributed by atoms with Crippen LogP contribution in [0.1, 0.15) is 6.42 Å². The number of hydrogen-bond acceptors (Lipinski definition) is 2. The van der Waals surface area contributed by atoms with Crippen molar-refractivity contribution < 1.29 is 9.13 Å². The zero-order valence-corrected chi connectivity index (χ0v) is 7.33. The standard InChI is InChI=1S/C7H14FNO.ClH/c8-2-4-10-6-7-1-3-9-5-7;/h7,9H,1-6H2;1H. The highest BCUT2D eigenvalue weighted by atomic mass is 35.5. The molecule has 1 aliphatic heterocycles. The molecule has 0 radical (unpaired) electrons. The van der Waals surface area contributed by atoms with E-state index in [1.165, 1.54) is 6.42 Å². The molecule has 1 unspecified atom stereocenters. The molecule has 2 nitrogen and oxygen atoms in total. The zero-order valence-electron chi connectivity index (χ0n) is 6.51. The first-order chi connectivity index (χ1) is 4.93. The van der Waals surface area contributed by atoms with Crippen molar-refractivity contribution in [1.82, 2.24) is 5.32 Å². The summed E-state index contributed by atoms with van der Waals surface area (Å²) >= 11 is 0. The van der Waals surface area contributed by atoms with Gasteiger partial charge in [-0.05, 0) is 18.9 Å². The highest BCUT2D eigenvalue weighted by molar-refractivity contribution is 5.85. The summed E-state index contributed by atoms with van der Waals surface area (Å²) in [6, 6.07) is 0. The molecule has 1 heterocycles. The van der Waals surface area contributed by atoms with Gasteiger partial charge in [0, 0.05) is 6.54 Å². The summed E-state index contributed by atoms with van der Waals surface area (Å²) in [7, 11) is 0. The molecule has 11 heavy (non-hydrogen) atoms. The Labute approximate surface area is 72.9 Å². The van der Waals surface area contributed by atoms with Crippen LogP contribution in [0, 0.1) is 5.92 Å². The molecule has 1 atom stereocenters. The second-order valence-corrected chi connectivity index (χ2v) is 2.62. The lowest BCUT2D eigenvalue weighted by Gasteiger charge is -2.06. The fourth-order valence-electron chi connectivity index (χ4n) is 1.16. The van der Waals surface area contributed by atoms with Gasteiger partial charge in [0.1, 0.15) is 6.67 Å². The van der Waals surface area contributed by atoms with Crippen molar-refractivity contribution in [1.29, 1.82) is 0 Å². The molecule has 1 N–H and O–H groups in total. The summed E-state index contributed by atoms with van der Waals surface area (Å²) in [6.45, 7) is 2.74. The van der Waals surface area contributed by atoms with Crippen molar-refractivity contribution in [2.75, 3.05) is 33.0 Å². The molecule has 0 aromatic rings. The van der Waals surface area contributed by atoms with Gasteiger partial charge in [0.15, 0.2) is 0 Å². The minimum absolute atomic E-state index is 0. The van der Waals surface area contributed by atoms with E-state index in [-0.39, 0.29) is 25.7 Å². The van der Waals surface area contributed by atoms with Crippen LogP contribution in [-0.4, -0.2) is 33.0 Å². The smallest absolute Gasteiger partial charge is 0.113 e. The van der Waals surface area contributed by atoms with Gasteiger partial charge < -0.3 is 10.1 Å². The van der Waals surface area contributed by atoms with Crippen molar-refractivity contribution in [2.45, 2.75) is 6.42 Å². The molecule has 0 bridgehead atoms. The van der Waals surface area contributed by atoms with E-state index in [1.807, 2.05) is 0 Å². The third kappa shape index (κ3) is 4.56. The summed E-state index contributed by atoms with van der Waals surface area (Å²) in [5, 5.41) is 3.23. The maximum Gasteiger partial charge on any atom is 0.113 e. The molecule has 1 fully saturated rings. The average molecular weight is 184 g/mol. The van der Waals surface area contributed by atoms with Crippen molar-refractivity contribution in [3.8, 4) is 0 Å². The summed E-state index contributed by atoms with van der Waals surface area (Å²) in [5.74, 6) is 0.617. The zero-order chi connectivity index (χ0) is 7.23. The van der Waals surface area contributed by atoms with Crippen LogP contribution in [-0.2, 0) is 4.74 Å². The Morgan fingerprint density at radius 3 is 2.91 bits per heavy atom. The predicted molar refractivity (Wildman–Crippen MR) is 45.0 cm³/mol. The van der Waals surface area contributed by atoms with E-state index in [9.17, 15) is 4.39 Å². The minimum atomic E-state index is -0.361. The maximum atomic E-state index is 11.5. The molecule has 0 aromatic heterocycles. The monoisotopic (exact) mass is 183 g/mol. The SMILES string of the molecule is Cl.FCCOCC1CCNC1. The van der Waals surface area contributed by atoms with Crippen LogP contribution in [0.25, 0.3) is 0 Å². The molecule has 1 saturated heterocycles. The number of hydrogen-bond donors (Lipinski definition) is 1. The maximum absolute atomic E-state index is 11.5. The Balaban J connectivity index is 0.000001000. The van der Waals surface area contributed by atoms with Crippen LogP contribution < -0.4 is 5.32 Å². The van der Waals surface area contributed by atoms with Gasteiger partial charge in [0.2, 0.25) is 0 Å². The second kappa shape index (κ2) is 6.83. The topological polar surface area (TPSA) is 21.3 Å². The van der Waals surface area contributed by atoms with Gasteiger partial charge in [0.25, 0.3) is 0 Å². The van der Waals surface area contributed by atoms with E-state index in [4.69, 9.17) is 4.74 Å². The molecule has 4 heteroatoms. The highest BCUT2D eigenvalue weighted by Crippen LogP contribution is 2.06. The molecule has 1 rings (SSSR count). The van der Waals surface area contributed by atoms with Gasteiger partial charge in [-0.1, -0.05) is 0 Å². The largest absolute Gasteiger partial charge is 0.378 e. The Morgan fingerprint density at radius 2 is 2.36 bits per heavy atom. The molecule has 0 aromatic carbocycles. The van der Waals surface area contributed by atoms with Crippen LogP contribution in [0.15, 0.2) is 0 Å². The van der Waals surface area contributed by atoms with Gasteiger partial charge in [-0.15, -0.1) is 12.4 Å². The molecule has 1 aliphatic rings. The number of rotatable bonds is 4. The first kappa shape index (κ1) is 11.1. The van der Waals surface area contributed by atoms with Crippen LogP contribution in [0.4, 0.5) is 4.39 Å². The van der Waals surface area contributed by atoms with E-state index >= 15 is 0 Å². The van der Waals surface area contributed by atoms with Gasteiger partial charge in [0.05, 0.1) is 13.2 Å². The molecule has 68 valence electrons. The lowest BCUT2D eigenvalue weighted by molar-refractivity contribution is 0.0931. The van der Waals surface area contributed by atoms with Crippen LogP contribution >= 0.6 is 12.4 Å². The lowest BCUT2D eigenvalue weighted by Crippen LogP contribution is -2.14. The summed E-state index contributed by atoms with van der Waals surface area (Å²) < 4.78 is 16.6. The Bertz CT molecular complexity index is 88.5. The van der Waals surface area contributed by atoms with E-state index in [0.29, 0.717) is 5.92 Å². The number of nitrogens with one attached hydrogen (secondary N) is 1. The van der Waals surface area contributed by atoms with Crippen LogP contribution in [0.3, 0.4) is 0 Å². The summed E-state index contributed by atoms with van der Waals surface area (Å²) in [5.41, 5.74) is 0. The van der Waals surface area contributed by atoms with Gasteiger partial charge >= 0.3 is 0 Å². The first-order valence-electron chi connectivity index (χ1n) is 3.78. The highest BCUT2D eigenvalue weighted by Gasteiger charge is 2.13. The number of ether oxygens (including phenoxy) is 1. The molecule has 0 spiro atoms. The first-order valence-corrected chi connectivity index (χ1v) is 3.78. The Morgan fingerprint density at radius 1 is 1.55 bits per heavy atom. The molecular formula is C7H15ClFNO. The molecule has 0 amide bonds. The van der Waals surface area contributed by atoms with Crippen molar-refractivity contribution in [3.05, 3.63) is 0 Å². The van der Waals surface area contributed by atoms with Crippen molar-refractivity contribution in [2.24, 2.45) is 5.92 Å². The minimum Gasteiger partial charge on any atom is -0.378 e. The quantitative estimate of drug-likeness (QED) is 0.657. The lowest BCUT2D eigenvalue weighted by atomic mass is 10.1. The normalized spacial score (nSPS) is 23.2. The second-order valence-electron chi connectivity index (χ2n) is 2.62. The van der Waals surface area contributed by atoms with Crippen molar-refractivity contribution in [3.63, 3.8) is 0 Å². The molecule has 0 aliphatic carbocycles. The number of halogens is 2. The van der Waals surface area contributed by atoms with Crippen molar-refractivity contribution >= 4 is 12.4 Å². The number of alkyl halides is 1. The van der Waals surface area contributed by atoms with E-state index in [0.717, 1.165) is 19.7 Å². The predicted octanol–water partition coefficient (Wildman–Crippen LogP) is 1.00. The van der Waals surface area contributed by atoms with Gasteiger partial charge in [-0.2, -0.15) is 0 Å².